The normalized spacial score (nSPS) is 19.7. The molecular weight excluding hydrogens is 1670 g/mol. The van der Waals surface area contributed by atoms with Crippen LogP contribution in [-0.2, 0) is 52.1 Å². The fraction of sp³-hybridized carbons (Fsp3) is 0.160. The third-order valence-corrected chi connectivity index (χ3v) is 18.6. The number of cyclic esters (lactones) is 1. The van der Waals surface area contributed by atoms with Crippen LogP contribution in [-0.4, -0.2) is 261 Å². The summed E-state index contributed by atoms with van der Waals surface area (Å²) >= 11 is 0. The van der Waals surface area contributed by atoms with Crippen molar-refractivity contribution < 1.29 is 237 Å². The quantitative estimate of drug-likeness (QED) is 0.0448. The number of benzene rings is 9. The molecule has 9 aromatic rings. The molecule has 0 saturated carbocycles. The summed E-state index contributed by atoms with van der Waals surface area (Å²) < 4.78 is 73.4. The molecule has 0 aromatic heterocycles. The lowest BCUT2D eigenvalue weighted by Gasteiger charge is -2.43. The number of aliphatic hydroxyl groups is 1. The van der Waals surface area contributed by atoms with E-state index in [1.807, 2.05) is 0 Å². The van der Waals surface area contributed by atoms with E-state index in [1.54, 1.807) is 0 Å². The largest absolute Gasteiger partial charge is 0.504 e. The van der Waals surface area contributed by atoms with Gasteiger partial charge in [-0.1, -0.05) is 0 Å². The van der Waals surface area contributed by atoms with E-state index in [9.17, 15) is 162 Å². The van der Waals surface area contributed by atoms with E-state index in [2.05, 4.69) is 0 Å². The van der Waals surface area contributed by atoms with Gasteiger partial charge in [0.15, 0.2) is 145 Å². The zero-order chi connectivity index (χ0) is 89.6. The number of hydrogen-bond acceptors (Lipinski definition) is 48. The van der Waals surface area contributed by atoms with Crippen molar-refractivity contribution in [1.29, 1.82) is 0 Å². The minimum Gasteiger partial charge on any atom is -0.504 e. The molecule has 10 unspecified atom stereocenters. The Labute approximate surface area is 676 Å². The van der Waals surface area contributed by atoms with Gasteiger partial charge >= 0.3 is 53.7 Å². The van der Waals surface area contributed by atoms with E-state index in [0.717, 1.165) is 0 Å². The van der Waals surface area contributed by atoms with E-state index in [0.29, 0.717) is 66.7 Å². The van der Waals surface area contributed by atoms with Crippen LogP contribution in [0.1, 0.15) is 93.2 Å². The molecule has 10 atom stereocenters. The number of esters is 9. The number of carbonyl (C=O) groups excluding carboxylic acids is 9. The van der Waals surface area contributed by atoms with Gasteiger partial charge in [0.1, 0.15) is 42.7 Å². The van der Waals surface area contributed by atoms with E-state index < -0.39 is 356 Å². The number of hydrogen-bond donors (Lipinski definition) is 26. The zero-order valence-electron chi connectivity index (χ0n) is 60.4. The van der Waals surface area contributed by atoms with Crippen molar-refractivity contribution in [1.82, 2.24) is 0 Å². The second-order valence-corrected chi connectivity index (χ2v) is 26.4. The molecule has 123 heavy (non-hydrogen) atoms. The van der Waals surface area contributed by atoms with Crippen LogP contribution < -0.4 is 9.47 Å². The highest BCUT2D eigenvalue weighted by atomic mass is 16.8. The molecule has 0 spiro atoms. The number of aliphatic hydroxyl groups excluding tert-OH is 1. The standard InChI is InChI=1S/C75H54O48/c76-26-1-17(2-27(77)44(26)88)65(102)111-15-40-53(97)61(118-66(103)18-3-28(78)45(89)29(79)4-18)63-74(115-40)123-69(106)21-9-34(84)48(92)38(10-21)113-59-25(73(110)120-63)14-39(52(96)57(59)101)114-58-24(13-37(87)51(95)56(58)100)72(109)121-64-62(119-67(104)19-5-30(80)46(90)31(81)6-19)60-41(116-75(64)122-68(105)20-7-32(82)47(91)33(83)8-20)16-112-70(107)22-11-35(85)49(93)54(98)42(22)43-23(71(108)117-60)12-36(86)50(94)55(43)99/h1-14,40-41,53,60-64,74-101H,15-16H2. The van der Waals surface area contributed by atoms with Gasteiger partial charge in [-0.25, -0.2) is 43.2 Å². The SMILES string of the molecule is O=C(OCC1OC2OC(=O)c3cc(O)c(O)c(c3)Oc3c(cc(Oc4c(C(=O)OC5C(OC(=O)c6cc(O)c(O)c(O)c6)OC6COC(=O)c7cc(O)c(O)c(O)c7-c7c(cc(O)c(O)c7O)C(=O)OC6C5OC(=O)c5cc(O)c(O)c(O)c5)cc(O)c(O)c4O)c(O)c3O)C(=O)OC2C(OC(=O)c2cc(O)c(O)c(O)c2)C1O)c1cc(O)c(O)c(O)c1. The Morgan fingerprint density at radius 2 is 0.780 bits per heavy atom. The van der Waals surface area contributed by atoms with E-state index in [1.165, 1.54) is 0 Å². The Hall–Kier alpha value is -17.3. The van der Waals surface area contributed by atoms with Crippen LogP contribution in [0.3, 0.4) is 0 Å². The van der Waals surface area contributed by atoms with Crippen LogP contribution in [0.4, 0.5) is 0 Å². The lowest BCUT2D eigenvalue weighted by molar-refractivity contribution is -0.283. The summed E-state index contributed by atoms with van der Waals surface area (Å²) in [7, 11) is 0. The molecule has 48 heteroatoms. The minimum atomic E-state index is -3.09. The zero-order valence-corrected chi connectivity index (χ0v) is 60.4. The molecule has 0 amide bonds. The van der Waals surface area contributed by atoms with Gasteiger partial charge in [0, 0.05) is 23.3 Å². The summed E-state index contributed by atoms with van der Waals surface area (Å²) in [6.07, 6.45) is -27.4. The highest BCUT2D eigenvalue weighted by molar-refractivity contribution is 6.09. The number of carbonyl (C=O) groups is 9. The van der Waals surface area contributed by atoms with Crippen molar-refractivity contribution in [3.8, 4) is 178 Å². The van der Waals surface area contributed by atoms with Crippen molar-refractivity contribution in [3.63, 3.8) is 0 Å². The van der Waals surface area contributed by atoms with E-state index >= 15 is 14.4 Å². The number of rotatable bonds is 13. The van der Waals surface area contributed by atoms with Gasteiger partial charge in [-0.05, 0) is 72.8 Å². The molecule has 2 saturated heterocycles. The third kappa shape index (κ3) is 15.3. The van der Waals surface area contributed by atoms with Crippen LogP contribution in [0.15, 0.2) is 84.9 Å². The number of ether oxygens (including phenoxy) is 13. The molecule has 4 aliphatic heterocycles. The first-order valence-electron chi connectivity index (χ1n) is 34.1. The molecule has 2 bridgehead atoms. The molecular formula is C75H54O48. The van der Waals surface area contributed by atoms with E-state index in [-0.39, 0.29) is 18.2 Å². The molecule has 26 N–H and O–H groups in total. The van der Waals surface area contributed by atoms with E-state index in [4.69, 9.17) is 61.6 Å². The van der Waals surface area contributed by atoms with Crippen LogP contribution >= 0.6 is 0 Å². The van der Waals surface area contributed by atoms with Crippen LogP contribution in [0.2, 0.25) is 0 Å². The first kappa shape index (κ1) is 83.6. The summed E-state index contributed by atoms with van der Waals surface area (Å²) in [5, 5.41) is 282. The van der Waals surface area contributed by atoms with Gasteiger partial charge in [-0.3, -0.25) is 0 Å². The van der Waals surface area contributed by atoms with Gasteiger partial charge in [0.25, 0.3) is 0 Å². The first-order valence-corrected chi connectivity index (χ1v) is 34.1. The summed E-state index contributed by atoms with van der Waals surface area (Å²) in [6.45, 7) is -2.83. The maximum absolute atomic E-state index is 15.5. The van der Waals surface area contributed by atoms with Gasteiger partial charge in [-0.2, -0.15) is 0 Å². The second kappa shape index (κ2) is 31.6. The summed E-state index contributed by atoms with van der Waals surface area (Å²) in [4.78, 5) is 131. The average molecular weight is 1720 g/mol. The molecule has 0 aliphatic carbocycles. The monoisotopic (exact) mass is 1720 g/mol. The third-order valence-electron chi connectivity index (χ3n) is 18.6. The van der Waals surface area contributed by atoms with Crippen molar-refractivity contribution in [3.05, 3.63) is 135 Å². The lowest BCUT2D eigenvalue weighted by atomic mass is 9.92. The lowest BCUT2D eigenvalue weighted by Crippen LogP contribution is -2.63. The predicted octanol–water partition coefficient (Wildman–Crippen LogP) is 3.17. The molecule has 0 radical (unpaired) electrons. The molecule has 2 fully saturated rings. The van der Waals surface area contributed by atoms with Crippen LogP contribution in [0, 0.1) is 0 Å². The minimum absolute atomic E-state index is 0.0886. The number of fused-ring (bicyclic) bond motifs is 8. The van der Waals surface area contributed by atoms with Gasteiger partial charge in [0.2, 0.25) is 65.0 Å². The van der Waals surface area contributed by atoms with Crippen molar-refractivity contribution in [2.24, 2.45) is 0 Å². The highest BCUT2D eigenvalue weighted by Gasteiger charge is 2.57. The molecule has 13 rings (SSSR count). The highest BCUT2D eigenvalue weighted by Crippen LogP contribution is 2.57. The molecule has 4 heterocycles. The van der Waals surface area contributed by atoms with Crippen molar-refractivity contribution in [2.45, 2.75) is 61.4 Å². The number of phenols is 25. The smallest absolute Gasteiger partial charge is 0.342 e. The average Bonchev–Trinajstić information content (AvgIpc) is 1.74. The fourth-order valence-corrected chi connectivity index (χ4v) is 12.5. The Balaban J connectivity index is 0.944. The predicted molar refractivity (Wildman–Crippen MR) is 379 cm³/mol. The van der Waals surface area contributed by atoms with Gasteiger partial charge in [0.05, 0.1) is 38.9 Å². The molecule has 48 nitrogen and oxygen atoms in total. The molecule has 4 aliphatic rings. The molecule has 9 aromatic carbocycles. The van der Waals surface area contributed by atoms with Gasteiger partial charge < -0.3 is 194 Å². The Morgan fingerprint density at radius 3 is 1.29 bits per heavy atom. The second-order valence-electron chi connectivity index (χ2n) is 26.4. The summed E-state index contributed by atoms with van der Waals surface area (Å²) in [5.74, 6) is -58.5. The van der Waals surface area contributed by atoms with Gasteiger partial charge in [-0.15, -0.1) is 0 Å². The number of phenolic OH excluding ortho intramolecular Hbond substituents is 25. The molecule has 642 valence electrons. The summed E-state index contributed by atoms with van der Waals surface area (Å²) in [5.41, 5.74) is -12.7. The number of aromatic hydroxyl groups is 25. The van der Waals surface area contributed by atoms with Crippen molar-refractivity contribution in [2.75, 3.05) is 13.2 Å². The maximum Gasteiger partial charge on any atom is 0.342 e. The Morgan fingerprint density at radius 1 is 0.358 bits per heavy atom. The topological polar surface area (TPSA) is 800 Å². The first-order chi connectivity index (χ1) is 57.9. The van der Waals surface area contributed by atoms with Crippen molar-refractivity contribution >= 4 is 53.7 Å². The van der Waals surface area contributed by atoms with Crippen LogP contribution in [0.5, 0.6) is 167 Å². The maximum atomic E-state index is 15.5. The van der Waals surface area contributed by atoms with Crippen LogP contribution in [0.25, 0.3) is 11.1 Å². The summed E-state index contributed by atoms with van der Waals surface area (Å²) in [6, 6.07) is 5.46. The Kier molecular flexibility index (Phi) is 21.5. The Bertz CT molecular complexity index is 5940. The fourth-order valence-electron chi connectivity index (χ4n) is 12.5.